The number of esters is 1. The minimum absolute atomic E-state index is 0.0212. The Morgan fingerprint density at radius 3 is 2.38 bits per heavy atom. The van der Waals surface area contributed by atoms with Crippen LogP contribution in [0.25, 0.3) is 0 Å². The van der Waals surface area contributed by atoms with Crippen molar-refractivity contribution in [1.82, 2.24) is 0 Å². The second-order valence-electron chi connectivity index (χ2n) is 5.59. The van der Waals surface area contributed by atoms with Crippen molar-refractivity contribution in [3.05, 3.63) is 24.3 Å². The second kappa shape index (κ2) is 9.02. The van der Waals surface area contributed by atoms with Crippen molar-refractivity contribution in [2.75, 3.05) is 13.7 Å². The molecule has 0 bridgehead atoms. The number of halogens is 3. The van der Waals surface area contributed by atoms with Crippen LogP contribution in [0.5, 0.6) is 11.5 Å². The molecule has 1 aliphatic rings. The summed E-state index contributed by atoms with van der Waals surface area (Å²) in [6.07, 6.45) is -1.09. The summed E-state index contributed by atoms with van der Waals surface area (Å²) in [4.78, 5) is 16.2. The van der Waals surface area contributed by atoms with Gasteiger partial charge in [-0.2, -0.15) is 0 Å². The highest BCUT2D eigenvalue weighted by molar-refractivity contribution is 6.76. The molecule has 144 valence electrons. The molecule has 1 heterocycles. The maximum Gasteiger partial charge on any atom is 0.308 e. The van der Waals surface area contributed by atoms with Crippen LogP contribution < -0.4 is 9.47 Å². The van der Waals surface area contributed by atoms with Gasteiger partial charge in [-0.15, -0.1) is 0 Å². The number of alkyl halides is 3. The molecule has 6 nitrogen and oxygen atoms in total. The molecule has 1 aromatic rings. The Kier molecular flexibility index (Phi) is 7.26. The minimum Gasteiger partial charge on any atom is -0.497 e. The molecule has 1 aromatic carbocycles. The van der Waals surface area contributed by atoms with E-state index in [1.165, 1.54) is 0 Å². The lowest BCUT2D eigenvalue weighted by Crippen LogP contribution is -2.49. The lowest BCUT2D eigenvalue weighted by molar-refractivity contribution is -0.144. The Balaban J connectivity index is 2.24. The first-order valence-corrected chi connectivity index (χ1v) is 9.16. The molecule has 9 heteroatoms. The van der Waals surface area contributed by atoms with Crippen LogP contribution >= 0.6 is 34.8 Å². The molecule has 26 heavy (non-hydrogen) atoms. The number of ether oxygens (including phenoxy) is 4. The van der Waals surface area contributed by atoms with Gasteiger partial charge in [0.25, 0.3) is 3.79 Å². The molecule has 0 radical (unpaired) electrons. The van der Waals surface area contributed by atoms with Gasteiger partial charge in [-0.05, 0) is 38.1 Å². The van der Waals surface area contributed by atoms with E-state index in [1.54, 1.807) is 45.2 Å². The number of aliphatic imine (C=N–C) groups is 1. The lowest BCUT2D eigenvalue weighted by Gasteiger charge is -2.36. The summed E-state index contributed by atoms with van der Waals surface area (Å²) < 4.78 is 19.9. The second-order valence-corrected chi connectivity index (χ2v) is 7.87. The SMILES string of the molecule is CCOC(=O)C[C@H]1N=C(C(Cl)(Cl)Cl)O[C@H](C)[C@@H]1Oc1ccc(OC)cc1. The number of hydrogen-bond acceptors (Lipinski definition) is 6. The molecular formula is C17H20Cl3NO5. The van der Waals surface area contributed by atoms with E-state index >= 15 is 0 Å². The molecule has 2 rings (SSSR count). The summed E-state index contributed by atoms with van der Waals surface area (Å²) in [5, 5.41) is 0. The fourth-order valence-electron chi connectivity index (χ4n) is 2.49. The first-order valence-electron chi connectivity index (χ1n) is 8.02. The first kappa shape index (κ1) is 20.9. The smallest absolute Gasteiger partial charge is 0.308 e. The number of rotatable bonds is 6. The van der Waals surface area contributed by atoms with Crippen LogP contribution in [0.4, 0.5) is 0 Å². The van der Waals surface area contributed by atoms with Crippen LogP contribution in [0.15, 0.2) is 29.3 Å². The largest absolute Gasteiger partial charge is 0.497 e. The Bertz CT molecular complexity index is 645. The van der Waals surface area contributed by atoms with Crippen molar-refractivity contribution < 1.29 is 23.7 Å². The zero-order chi connectivity index (χ0) is 19.3. The highest BCUT2D eigenvalue weighted by atomic mass is 35.6. The predicted molar refractivity (Wildman–Crippen MR) is 101 cm³/mol. The zero-order valence-electron chi connectivity index (χ0n) is 14.6. The summed E-state index contributed by atoms with van der Waals surface area (Å²) in [7, 11) is 1.58. The van der Waals surface area contributed by atoms with Crippen LogP contribution in [0, 0.1) is 0 Å². The third kappa shape index (κ3) is 5.56. The Morgan fingerprint density at radius 2 is 1.85 bits per heavy atom. The third-order valence-electron chi connectivity index (χ3n) is 3.68. The van der Waals surface area contributed by atoms with E-state index in [-0.39, 0.29) is 18.9 Å². The molecular weight excluding hydrogens is 405 g/mol. The number of hydrogen-bond donors (Lipinski definition) is 0. The van der Waals surface area contributed by atoms with Gasteiger partial charge in [0.2, 0.25) is 5.90 Å². The molecule has 0 saturated carbocycles. The molecule has 0 amide bonds. The molecule has 0 saturated heterocycles. The van der Waals surface area contributed by atoms with Gasteiger partial charge in [0.15, 0.2) is 6.10 Å². The van der Waals surface area contributed by atoms with E-state index in [2.05, 4.69) is 4.99 Å². The Hall–Kier alpha value is -1.37. The average Bonchev–Trinajstić information content (AvgIpc) is 2.57. The monoisotopic (exact) mass is 423 g/mol. The van der Waals surface area contributed by atoms with E-state index < -0.39 is 28.0 Å². The molecule has 0 aromatic heterocycles. The summed E-state index contributed by atoms with van der Waals surface area (Å²) >= 11 is 17.7. The third-order valence-corrected chi connectivity index (χ3v) is 4.16. The Labute approximate surface area is 167 Å². The molecule has 0 spiro atoms. The van der Waals surface area contributed by atoms with Crippen LogP contribution in [-0.4, -0.2) is 47.6 Å². The molecule has 0 unspecified atom stereocenters. The highest BCUT2D eigenvalue weighted by Crippen LogP contribution is 2.34. The van der Waals surface area contributed by atoms with E-state index in [9.17, 15) is 4.79 Å². The van der Waals surface area contributed by atoms with E-state index in [1.807, 2.05) is 0 Å². The number of methoxy groups -OCH3 is 1. The van der Waals surface area contributed by atoms with Gasteiger partial charge in [0.1, 0.15) is 23.6 Å². The number of carbonyl (C=O) groups is 1. The van der Waals surface area contributed by atoms with Crippen molar-refractivity contribution >= 4 is 46.7 Å². The summed E-state index contributed by atoms with van der Waals surface area (Å²) in [5.74, 6) is 0.791. The number of benzene rings is 1. The van der Waals surface area contributed by atoms with Crippen molar-refractivity contribution in [2.24, 2.45) is 4.99 Å². The van der Waals surface area contributed by atoms with Crippen LogP contribution in [-0.2, 0) is 14.3 Å². The van der Waals surface area contributed by atoms with Crippen molar-refractivity contribution in [2.45, 2.75) is 42.3 Å². The first-order chi connectivity index (χ1) is 12.2. The van der Waals surface area contributed by atoms with Gasteiger partial charge < -0.3 is 18.9 Å². The predicted octanol–water partition coefficient (Wildman–Crippen LogP) is 3.95. The fourth-order valence-corrected chi connectivity index (χ4v) is 2.77. The summed E-state index contributed by atoms with van der Waals surface area (Å²) in [5.41, 5.74) is 0. The minimum atomic E-state index is -1.83. The average molecular weight is 425 g/mol. The number of carbonyl (C=O) groups excluding carboxylic acids is 1. The summed E-state index contributed by atoms with van der Waals surface area (Å²) in [6.45, 7) is 3.76. The van der Waals surface area contributed by atoms with Gasteiger partial charge in [0.05, 0.1) is 20.1 Å². The maximum atomic E-state index is 12.0. The normalized spacial score (nSPS) is 22.8. The quantitative estimate of drug-likeness (QED) is 0.511. The molecule has 0 aliphatic carbocycles. The standard InChI is InChI=1S/C17H20Cl3NO5/c1-4-24-14(22)9-13-15(10(2)25-16(21-13)17(18,19)20)26-12-7-5-11(23-3)6-8-12/h5-8,10,13,15H,4,9H2,1-3H3/t10-,13-,15+/m1/s1. The molecule has 3 atom stereocenters. The van der Waals surface area contributed by atoms with Gasteiger partial charge >= 0.3 is 5.97 Å². The van der Waals surface area contributed by atoms with E-state index in [0.29, 0.717) is 11.5 Å². The van der Waals surface area contributed by atoms with Gasteiger partial charge in [-0.25, -0.2) is 4.99 Å². The maximum absolute atomic E-state index is 12.0. The van der Waals surface area contributed by atoms with Gasteiger partial charge in [-0.1, -0.05) is 34.8 Å². The van der Waals surface area contributed by atoms with Crippen LogP contribution in [0.1, 0.15) is 20.3 Å². The van der Waals surface area contributed by atoms with E-state index in [4.69, 9.17) is 53.8 Å². The fraction of sp³-hybridized carbons (Fsp3) is 0.529. The van der Waals surface area contributed by atoms with Gasteiger partial charge in [-0.3, -0.25) is 4.79 Å². The van der Waals surface area contributed by atoms with E-state index in [0.717, 1.165) is 0 Å². The molecule has 1 aliphatic heterocycles. The topological polar surface area (TPSA) is 66.4 Å². The van der Waals surface area contributed by atoms with Crippen LogP contribution in [0.2, 0.25) is 0 Å². The summed E-state index contributed by atoms with van der Waals surface area (Å²) in [6, 6.07) is 6.41. The number of nitrogens with zero attached hydrogens (tertiary/aromatic N) is 1. The Morgan fingerprint density at radius 1 is 1.23 bits per heavy atom. The zero-order valence-corrected chi connectivity index (χ0v) is 16.8. The van der Waals surface area contributed by atoms with Crippen LogP contribution in [0.3, 0.4) is 0 Å². The van der Waals surface area contributed by atoms with Crippen molar-refractivity contribution in [3.63, 3.8) is 0 Å². The molecule has 0 fully saturated rings. The van der Waals surface area contributed by atoms with Crippen molar-refractivity contribution in [1.29, 1.82) is 0 Å². The molecule has 0 N–H and O–H groups in total. The van der Waals surface area contributed by atoms with Crippen molar-refractivity contribution in [3.8, 4) is 11.5 Å². The lowest BCUT2D eigenvalue weighted by atomic mass is 10.0. The van der Waals surface area contributed by atoms with Gasteiger partial charge in [0, 0.05) is 0 Å². The highest BCUT2D eigenvalue weighted by Gasteiger charge is 2.42.